The lowest BCUT2D eigenvalue weighted by Crippen LogP contribution is -2.53. The van der Waals surface area contributed by atoms with Crippen LogP contribution >= 0.6 is 0 Å². The highest BCUT2D eigenvalue weighted by Gasteiger charge is 2.24. The lowest BCUT2D eigenvalue weighted by Gasteiger charge is -2.37. The Bertz CT molecular complexity index is 136. The highest BCUT2D eigenvalue weighted by molar-refractivity contribution is 4.45. The van der Waals surface area contributed by atoms with Crippen LogP contribution in [0.15, 0.2) is 0 Å². The van der Waals surface area contributed by atoms with E-state index in [9.17, 15) is 0 Å². The Kier molecular flexibility index (Phi) is 9.92. The maximum Gasteiger partial charge on any atom is 0.103 e. The summed E-state index contributed by atoms with van der Waals surface area (Å²) in [5.41, 5.74) is 0. The van der Waals surface area contributed by atoms with Crippen LogP contribution in [-0.2, 0) is 4.74 Å². The van der Waals surface area contributed by atoms with Gasteiger partial charge in [-0.25, -0.2) is 0 Å². The standard InChI is InChI=1S/C12H28NO3/c1-3-5-13(6-9-14,7-10-15)8-12-16-11-4-2/h14-15H,3-12H2,1-2H3/q+1. The van der Waals surface area contributed by atoms with Crippen molar-refractivity contribution in [1.82, 2.24) is 0 Å². The first-order valence-corrected chi connectivity index (χ1v) is 6.39. The molecule has 0 atom stereocenters. The molecule has 0 rings (SSSR count). The number of rotatable bonds is 11. The molecule has 0 aromatic rings. The summed E-state index contributed by atoms with van der Waals surface area (Å²) in [5.74, 6) is 0. The fourth-order valence-corrected chi connectivity index (χ4v) is 2.07. The van der Waals surface area contributed by atoms with Gasteiger partial charge in [-0.2, -0.15) is 0 Å². The lowest BCUT2D eigenvalue weighted by molar-refractivity contribution is -0.929. The fraction of sp³-hybridized carbons (Fsp3) is 1.00. The van der Waals surface area contributed by atoms with E-state index in [0.717, 1.165) is 37.0 Å². The maximum absolute atomic E-state index is 9.12. The van der Waals surface area contributed by atoms with E-state index < -0.39 is 0 Å². The van der Waals surface area contributed by atoms with Crippen LogP contribution < -0.4 is 0 Å². The minimum absolute atomic E-state index is 0.174. The summed E-state index contributed by atoms with van der Waals surface area (Å²) in [5, 5.41) is 18.2. The number of aliphatic hydroxyl groups excluding tert-OH is 2. The van der Waals surface area contributed by atoms with E-state index >= 15 is 0 Å². The highest BCUT2D eigenvalue weighted by Crippen LogP contribution is 2.07. The third-order valence-electron chi connectivity index (χ3n) is 2.91. The van der Waals surface area contributed by atoms with Crippen LogP contribution in [0.1, 0.15) is 26.7 Å². The van der Waals surface area contributed by atoms with Gasteiger partial charge in [-0.3, -0.25) is 0 Å². The summed E-state index contributed by atoms with van der Waals surface area (Å²) in [4.78, 5) is 0. The van der Waals surface area contributed by atoms with Crippen molar-refractivity contribution in [2.45, 2.75) is 26.7 Å². The predicted molar refractivity (Wildman–Crippen MR) is 65.3 cm³/mol. The molecule has 0 aliphatic carbocycles. The number of nitrogens with zero attached hydrogens (tertiary/aromatic N) is 1. The molecule has 0 aliphatic heterocycles. The Hall–Kier alpha value is -0.160. The van der Waals surface area contributed by atoms with Crippen LogP contribution in [0.5, 0.6) is 0 Å². The molecule has 0 saturated carbocycles. The van der Waals surface area contributed by atoms with E-state index in [2.05, 4.69) is 13.8 Å². The molecular formula is C12H28NO3+. The first kappa shape index (κ1) is 15.8. The molecule has 0 heterocycles. The van der Waals surface area contributed by atoms with Crippen molar-refractivity contribution in [1.29, 1.82) is 0 Å². The van der Waals surface area contributed by atoms with Gasteiger partial charge in [-0.05, 0) is 12.8 Å². The zero-order valence-corrected chi connectivity index (χ0v) is 10.8. The SMILES string of the molecule is CCCOCC[N+](CCC)(CCO)CCO. The smallest absolute Gasteiger partial charge is 0.103 e. The summed E-state index contributed by atoms with van der Waals surface area (Å²) < 4.78 is 6.27. The Morgan fingerprint density at radius 2 is 1.44 bits per heavy atom. The Balaban J connectivity index is 4.12. The third-order valence-corrected chi connectivity index (χ3v) is 2.91. The molecule has 0 unspecified atom stereocenters. The Morgan fingerprint density at radius 3 is 1.88 bits per heavy atom. The van der Waals surface area contributed by atoms with Gasteiger partial charge in [0.05, 0.1) is 26.4 Å². The average Bonchev–Trinajstić information content (AvgIpc) is 2.26. The molecule has 0 radical (unpaired) electrons. The minimum atomic E-state index is 0.174. The first-order chi connectivity index (χ1) is 7.74. The number of ether oxygens (including phenoxy) is 1. The number of hydrogen-bond acceptors (Lipinski definition) is 3. The van der Waals surface area contributed by atoms with Crippen molar-refractivity contribution in [3.05, 3.63) is 0 Å². The molecule has 0 bridgehead atoms. The lowest BCUT2D eigenvalue weighted by atomic mass is 10.3. The monoisotopic (exact) mass is 234 g/mol. The highest BCUT2D eigenvalue weighted by atomic mass is 16.5. The van der Waals surface area contributed by atoms with Gasteiger partial charge in [0.2, 0.25) is 0 Å². The Labute approximate surface area is 99.4 Å². The van der Waals surface area contributed by atoms with Gasteiger partial charge in [-0.15, -0.1) is 0 Å². The molecule has 16 heavy (non-hydrogen) atoms. The normalized spacial score (nSPS) is 12.0. The molecule has 0 fully saturated rings. The van der Waals surface area contributed by atoms with E-state index in [1.807, 2.05) is 0 Å². The summed E-state index contributed by atoms with van der Waals surface area (Å²) in [7, 11) is 0. The summed E-state index contributed by atoms with van der Waals surface area (Å²) >= 11 is 0. The third kappa shape index (κ3) is 6.43. The maximum atomic E-state index is 9.12. The van der Waals surface area contributed by atoms with Crippen LogP contribution in [-0.4, -0.2) is 67.3 Å². The molecule has 4 heteroatoms. The van der Waals surface area contributed by atoms with Gasteiger partial charge in [0.15, 0.2) is 0 Å². The van der Waals surface area contributed by atoms with Crippen molar-refractivity contribution >= 4 is 0 Å². The number of quaternary nitrogens is 1. The molecule has 4 nitrogen and oxygen atoms in total. The van der Waals surface area contributed by atoms with Crippen LogP contribution in [0, 0.1) is 0 Å². The summed E-state index contributed by atoms with van der Waals surface area (Å²) in [6.07, 6.45) is 2.10. The number of aliphatic hydroxyl groups is 2. The van der Waals surface area contributed by atoms with Gasteiger partial charge in [0, 0.05) is 6.61 Å². The van der Waals surface area contributed by atoms with E-state index in [1.165, 1.54) is 0 Å². The molecular weight excluding hydrogens is 206 g/mol. The molecule has 0 saturated heterocycles. The van der Waals surface area contributed by atoms with Crippen LogP contribution in [0.2, 0.25) is 0 Å². The van der Waals surface area contributed by atoms with E-state index in [4.69, 9.17) is 14.9 Å². The second-order valence-corrected chi connectivity index (χ2v) is 4.30. The molecule has 0 amide bonds. The molecule has 98 valence electrons. The van der Waals surface area contributed by atoms with Gasteiger partial charge < -0.3 is 19.4 Å². The topological polar surface area (TPSA) is 49.7 Å². The summed E-state index contributed by atoms with van der Waals surface area (Å²) in [6.45, 7) is 9.39. The van der Waals surface area contributed by atoms with Crippen LogP contribution in [0.25, 0.3) is 0 Å². The predicted octanol–water partition coefficient (Wildman–Crippen LogP) is 0.624. The van der Waals surface area contributed by atoms with Gasteiger partial charge in [0.1, 0.15) is 19.6 Å². The second-order valence-electron chi connectivity index (χ2n) is 4.30. The van der Waals surface area contributed by atoms with Gasteiger partial charge in [0.25, 0.3) is 0 Å². The molecule has 0 spiro atoms. The van der Waals surface area contributed by atoms with E-state index in [-0.39, 0.29) is 13.2 Å². The largest absolute Gasteiger partial charge is 0.391 e. The fourth-order valence-electron chi connectivity index (χ4n) is 2.07. The van der Waals surface area contributed by atoms with Crippen molar-refractivity contribution in [2.75, 3.05) is 52.6 Å². The quantitative estimate of drug-likeness (QED) is 0.407. The number of hydrogen-bond donors (Lipinski definition) is 2. The van der Waals surface area contributed by atoms with Gasteiger partial charge >= 0.3 is 0 Å². The minimum Gasteiger partial charge on any atom is -0.391 e. The average molecular weight is 234 g/mol. The first-order valence-electron chi connectivity index (χ1n) is 6.39. The molecule has 0 aromatic carbocycles. The van der Waals surface area contributed by atoms with Crippen molar-refractivity contribution in [3.63, 3.8) is 0 Å². The van der Waals surface area contributed by atoms with Crippen LogP contribution in [0.4, 0.5) is 0 Å². The zero-order valence-electron chi connectivity index (χ0n) is 10.8. The van der Waals surface area contributed by atoms with Gasteiger partial charge in [-0.1, -0.05) is 13.8 Å². The Morgan fingerprint density at radius 1 is 0.812 bits per heavy atom. The summed E-state index contributed by atoms with van der Waals surface area (Å²) in [6, 6.07) is 0. The van der Waals surface area contributed by atoms with Crippen molar-refractivity contribution in [3.8, 4) is 0 Å². The van der Waals surface area contributed by atoms with Crippen LogP contribution in [0.3, 0.4) is 0 Å². The van der Waals surface area contributed by atoms with Crippen molar-refractivity contribution < 1.29 is 19.4 Å². The van der Waals surface area contributed by atoms with E-state index in [0.29, 0.717) is 19.7 Å². The van der Waals surface area contributed by atoms with E-state index in [1.54, 1.807) is 0 Å². The molecule has 0 aromatic heterocycles. The molecule has 2 N–H and O–H groups in total. The second kappa shape index (κ2) is 10.0. The zero-order chi connectivity index (χ0) is 12.3. The van der Waals surface area contributed by atoms with Crippen molar-refractivity contribution in [2.24, 2.45) is 0 Å². The molecule has 0 aliphatic rings.